The molecular formula is C17H22N2O3S2. The van der Waals surface area contributed by atoms with Crippen molar-refractivity contribution in [1.29, 1.82) is 0 Å². The van der Waals surface area contributed by atoms with Gasteiger partial charge in [-0.05, 0) is 48.6 Å². The number of hydrogen-bond donors (Lipinski definition) is 1. The van der Waals surface area contributed by atoms with Gasteiger partial charge in [-0.2, -0.15) is 4.31 Å². The molecule has 1 amide bonds. The summed E-state index contributed by atoms with van der Waals surface area (Å²) in [6.07, 6.45) is 0. The van der Waals surface area contributed by atoms with Crippen LogP contribution in [-0.2, 0) is 21.4 Å². The minimum Gasteiger partial charge on any atom is -0.350 e. The molecule has 1 heterocycles. The van der Waals surface area contributed by atoms with E-state index < -0.39 is 10.0 Å². The lowest BCUT2D eigenvalue weighted by molar-refractivity contribution is -0.121. The van der Waals surface area contributed by atoms with Crippen LogP contribution in [-0.4, -0.2) is 31.7 Å². The zero-order valence-corrected chi connectivity index (χ0v) is 15.7. The topological polar surface area (TPSA) is 66.5 Å². The van der Waals surface area contributed by atoms with E-state index in [0.29, 0.717) is 6.54 Å². The van der Waals surface area contributed by atoms with Crippen LogP contribution in [0.2, 0.25) is 0 Å². The molecule has 1 N–H and O–H groups in total. The van der Waals surface area contributed by atoms with Crippen LogP contribution in [0.3, 0.4) is 0 Å². The lowest BCUT2D eigenvalue weighted by Gasteiger charge is -2.20. The second kappa shape index (κ2) is 7.92. The largest absolute Gasteiger partial charge is 0.350 e. The molecule has 0 aliphatic heterocycles. The average Bonchev–Trinajstić information content (AvgIpc) is 3.06. The minimum absolute atomic E-state index is 0.183. The summed E-state index contributed by atoms with van der Waals surface area (Å²) < 4.78 is 26.7. The van der Waals surface area contributed by atoms with Crippen molar-refractivity contribution < 1.29 is 13.2 Å². The van der Waals surface area contributed by atoms with Crippen LogP contribution in [0, 0.1) is 13.8 Å². The summed E-state index contributed by atoms with van der Waals surface area (Å²) >= 11 is 1.55. The Labute approximate surface area is 147 Å². The van der Waals surface area contributed by atoms with Gasteiger partial charge in [0.1, 0.15) is 0 Å². The molecule has 24 heavy (non-hydrogen) atoms. The predicted molar refractivity (Wildman–Crippen MR) is 96.5 cm³/mol. The number of nitrogens with one attached hydrogen (secondary N) is 1. The standard InChI is InChI=1S/C17H22N2O3S2/c1-4-19(12-17(20)18-11-15-6-5-9-23-15)24(21,22)16-8-7-13(2)14(3)10-16/h5-10H,4,11-12H2,1-3H3,(H,18,20). The number of rotatable bonds is 7. The van der Waals surface area contributed by atoms with Gasteiger partial charge in [0.05, 0.1) is 18.0 Å². The summed E-state index contributed by atoms with van der Waals surface area (Å²) in [7, 11) is -3.68. The second-order valence-corrected chi connectivity index (χ2v) is 8.50. The molecule has 0 saturated carbocycles. The highest BCUT2D eigenvalue weighted by Crippen LogP contribution is 2.19. The highest BCUT2D eigenvalue weighted by atomic mass is 32.2. The smallest absolute Gasteiger partial charge is 0.243 e. The summed E-state index contributed by atoms with van der Waals surface area (Å²) in [6, 6.07) is 8.86. The lowest BCUT2D eigenvalue weighted by atomic mass is 10.1. The van der Waals surface area contributed by atoms with E-state index in [2.05, 4.69) is 5.32 Å². The molecule has 0 fully saturated rings. The molecule has 0 unspecified atom stereocenters. The maximum absolute atomic E-state index is 12.7. The van der Waals surface area contributed by atoms with Gasteiger partial charge in [-0.25, -0.2) is 8.42 Å². The molecule has 0 atom stereocenters. The van der Waals surface area contributed by atoms with Crippen LogP contribution in [0.4, 0.5) is 0 Å². The normalized spacial score (nSPS) is 11.7. The van der Waals surface area contributed by atoms with E-state index in [-0.39, 0.29) is 23.9 Å². The Balaban J connectivity index is 2.08. The molecule has 2 aromatic rings. The first-order valence-electron chi connectivity index (χ1n) is 7.71. The molecule has 0 aliphatic carbocycles. The molecule has 0 radical (unpaired) electrons. The van der Waals surface area contributed by atoms with Gasteiger partial charge in [-0.3, -0.25) is 4.79 Å². The molecule has 1 aromatic heterocycles. The van der Waals surface area contributed by atoms with E-state index in [9.17, 15) is 13.2 Å². The van der Waals surface area contributed by atoms with Gasteiger partial charge in [-0.15, -0.1) is 11.3 Å². The van der Waals surface area contributed by atoms with Crippen molar-refractivity contribution in [2.24, 2.45) is 0 Å². The SMILES string of the molecule is CCN(CC(=O)NCc1cccs1)S(=O)(=O)c1ccc(C)c(C)c1. The van der Waals surface area contributed by atoms with Crippen molar-refractivity contribution in [2.75, 3.05) is 13.1 Å². The fraction of sp³-hybridized carbons (Fsp3) is 0.353. The highest BCUT2D eigenvalue weighted by Gasteiger charge is 2.25. The molecule has 0 aliphatic rings. The van der Waals surface area contributed by atoms with Crippen LogP contribution < -0.4 is 5.32 Å². The third kappa shape index (κ3) is 4.43. The zero-order chi connectivity index (χ0) is 17.7. The van der Waals surface area contributed by atoms with Crippen molar-refractivity contribution in [2.45, 2.75) is 32.2 Å². The second-order valence-electron chi connectivity index (χ2n) is 5.53. The number of amides is 1. The van der Waals surface area contributed by atoms with E-state index in [4.69, 9.17) is 0 Å². The monoisotopic (exact) mass is 366 g/mol. The van der Waals surface area contributed by atoms with Gasteiger partial charge in [0.15, 0.2) is 0 Å². The first-order valence-corrected chi connectivity index (χ1v) is 10.0. The first kappa shape index (κ1) is 18.6. The number of thiophene rings is 1. The number of benzene rings is 1. The van der Waals surface area contributed by atoms with Crippen LogP contribution in [0.15, 0.2) is 40.6 Å². The molecule has 0 spiro atoms. The highest BCUT2D eigenvalue weighted by molar-refractivity contribution is 7.89. The number of aryl methyl sites for hydroxylation is 2. The number of carbonyl (C=O) groups is 1. The summed E-state index contributed by atoms with van der Waals surface area (Å²) in [5, 5.41) is 4.69. The third-order valence-electron chi connectivity index (χ3n) is 3.83. The fourth-order valence-corrected chi connectivity index (χ4v) is 4.34. The number of nitrogens with zero attached hydrogens (tertiary/aromatic N) is 1. The number of hydrogen-bond acceptors (Lipinski definition) is 4. The van der Waals surface area contributed by atoms with E-state index in [1.165, 1.54) is 4.31 Å². The van der Waals surface area contributed by atoms with Gasteiger partial charge >= 0.3 is 0 Å². The molecule has 130 valence electrons. The van der Waals surface area contributed by atoms with Crippen molar-refractivity contribution in [1.82, 2.24) is 9.62 Å². The van der Waals surface area contributed by atoms with Gasteiger partial charge < -0.3 is 5.32 Å². The van der Waals surface area contributed by atoms with Crippen LogP contribution in [0.25, 0.3) is 0 Å². The summed E-state index contributed by atoms with van der Waals surface area (Å²) in [5.41, 5.74) is 1.94. The van der Waals surface area contributed by atoms with E-state index in [1.807, 2.05) is 31.4 Å². The summed E-state index contributed by atoms with van der Waals surface area (Å²) in [5.74, 6) is -0.308. The molecule has 0 saturated heterocycles. The van der Waals surface area contributed by atoms with Crippen LogP contribution >= 0.6 is 11.3 Å². The van der Waals surface area contributed by atoms with Crippen LogP contribution in [0.5, 0.6) is 0 Å². The van der Waals surface area contributed by atoms with Crippen LogP contribution in [0.1, 0.15) is 22.9 Å². The van der Waals surface area contributed by atoms with Gasteiger partial charge in [0.25, 0.3) is 0 Å². The lowest BCUT2D eigenvalue weighted by Crippen LogP contribution is -2.40. The maximum Gasteiger partial charge on any atom is 0.243 e. The van der Waals surface area contributed by atoms with Crippen molar-refractivity contribution in [3.63, 3.8) is 0 Å². The van der Waals surface area contributed by atoms with E-state index in [1.54, 1.807) is 36.5 Å². The quantitative estimate of drug-likeness (QED) is 0.819. The predicted octanol–water partition coefficient (Wildman–Crippen LogP) is 2.69. The Morgan fingerprint density at radius 2 is 1.96 bits per heavy atom. The van der Waals surface area contributed by atoms with Crippen molar-refractivity contribution in [3.8, 4) is 0 Å². The number of sulfonamides is 1. The Hall–Kier alpha value is -1.70. The Morgan fingerprint density at radius 1 is 1.21 bits per heavy atom. The van der Waals surface area contributed by atoms with Crippen molar-refractivity contribution >= 4 is 27.3 Å². The Morgan fingerprint density at radius 3 is 2.54 bits per heavy atom. The maximum atomic E-state index is 12.7. The summed E-state index contributed by atoms with van der Waals surface area (Å²) in [4.78, 5) is 13.3. The first-order chi connectivity index (χ1) is 11.3. The molecular weight excluding hydrogens is 344 g/mol. The minimum atomic E-state index is -3.68. The van der Waals surface area contributed by atoms with Gasteiger partial charge in [0.2, 0.25) is 15.9 Å². The molecule has 1 aromatic carbocycles. The summed E-state index contributed by atoms with van der Waals surface area (Å²) in [6.45, 7) is 6.00. The van der Waals surface area contributed by atoms with E-state index in [0.717, 1.165) is 16.0 Å². The third-order valence-corrected chi connectivity index (χ3v) is 6.62. The Bertz CT molecular complexity index is 799. The van der Waals surface area contributed by atoms with Gasteiger partial charge in [-0.1, -0.05) is 19.1 Å². The number of likely N-dealkylation sites (N-methyl/N-ethyl adjacent to an activating group) is 1. The molecule has 0 bridgehead atoms. The Kier molecular flexibility index (Phi) is 6.15. The molecule has 7 heteroatoms. The zero-order valence-electron chi connectivity index (χ0n) is 14.1. The fourth-order valence-electron chi connectivity index (χ4n) is 2.21. The average molecular weight is 367 g/mol. The van der Waals surface area contributed by atoms with Gasteiger partial charge in [0, 0.05) is 11.4 Å². The number of carbonyl (C=O) groups excluding carboxylic acids is 1. The molecule has 5 nitrogen and oxygen atoms in total. The van der Waals surface area contributed by atoms with E-state index >= 15 is 0 Å². The van der Waals surface area contributed by atoms with Crippen molar-refractivity contribution in [3.05, 3.63) is 51.7 Å². The molecule has 2 rings (SSSR count).